The van der Waals surface area contributed by atoms with E-state index in [1.165, 1.54) is 0 Å². The molecule has 0 N–H and O–H groups in total. The van der Waals surface area contributed by atoms with Gasteiger partial charge in [0.2, 0.25) is 5.91 Å². The van der Waals surface area contributed by atoms with Gasteiger partial charge in [0.25, 0.3) is 0 Å². The molecule has 26 heavy (non-hydrogen) atoms. The van der Waals surface area contributed by atoms with Gasteiger partial charge < -0.3 is 4.90 Å². The lowest BCUT2D eigenvalue weighted by Gasteiger charge is -2.22. The van der Waals surface area contributed by atoms with Crippen LogP contribution in [0.4, 0.5) is 0 Å². The number of benzene rings is 1. The van der Waals surface area contributed by atoms with Crippen molar-refractivity contribution in [1.29, 1.82) is 0 Å². The summed E-state index contributed by atoms with van der Waals surface area (Å²) < 4.78 is 3.58. The van der Waals surface area contributed by atoms with Crippen molar-refractivity contribution in [3.05, 3.63) is 54.1 Å². The van der Waals surface area contributed by atoms with E-state index < -0.39 is 0 Å². The summed E-state index contributed by atoms with van der Waals surface area (Å²) >= 11 is 0. The fourth-order valence-corrected chi connectivity index (χ4v) is 3.39. The number of hydrogen-bond donors (Lipinski definition) is 0. The predicted octanol–water partition coefficient (Wildman–Crippen LogP) is 1.78. The Hall–Kier alpha value is -3.03. The van der Waals surface area contributed by atoms with E-state index in [9.17, 15) is 4.79 Å². The maximum atomic E-state index is 13.0. The molecule has 4 rings (SSSR count). The van der Waals surface area contributed by atoms with E-state index in [4.69, 9.17) is 0 Å². The van der Waals surface area contributed by atoms with Gasteiger partial charge in [0.1, 0.15) is 0 Å². The number of hydrogen-bond acceptors (Lipinski definition) is 5. The van der Waals surface area contributed by atoms with Crippen LogP contribution in [0, 0.1) is 0 Å². The third kappa shape index (κ3) is 3.22. The highest BCUT2D eigenvalue weighted by molar-refractivity contribution is 5.82. The molecule has 3 heterocycles. The van der Waals surface area contributed by atoms with Crippen LogP contribution < -0.4 is 0 Å². The lowest BCUT2D eigenvalue weighted by Crippen LogP contribution is -2.32. The summed E-state index contributed by atoms with van der Waals surface area (Å²) in [4.78, 5) is 14.7. The van der Waals surface area contributed by atoms with Gasteiger partial charge >= 0.3 is 0 Å². The molecule has 1 aliphatic rings. The summed E-state index contributed by atoms with van der Waals surface area (Å²) in [6.45, 7) is 1.33. The molecule has 134 valence electrons. The number of aromatic nitrogens is 6. The van der Waals surface area contributed by atoms with Crippen molar-refractivity contribution in [3.8, 4) is 5.69 Å². The molecule has 1 aliphatic heterocycles. The van der Waals surface area contributed by atoms with Gasteiger partial charge in [-0.05, 0) is 47.0 Å². The van der Waals surface area contributed by atoms with Crippen LogP contribution in [0.25, 0.3) is 5.69 Å². The van der Waals surface area contributed by atoms with Gasteiger partial charge in [0.05, 0.1) is 11.6 Å². The molecule has 8 heteroatoms. The van der Waals surface area contributed by atoms with Crippen LogP contribution in [0.2, 0.25) is 0 Å². The molecule has 1 aromatic carbocycles. The second kappa shape index (κ2) is 7.07. The number of carbonyl (C=O) groups excluding carboxylic acids is 1. The van der Waals surface area contributed by atoms with Crippen molar-refractivity contribution in [2.75, 3.05) is 7.05 Å². The minimum atomic E-state index is -0.263. The summed E-state index contributed by atoms with van der Waals surface area (Å²) in [6.07, 6.45) is 6.44. The molecule has 1 atom stereocenters. The first kappa shape index (κ1) is 16.4. The van der Waals surface area contributed by atoms with E-state index in [2.05, 4.69) is 20.6 Å². The second-order valence-electron chi connectivity index (χ2n) is 6.62. The summed E-state index contributed by atoms with van der Waals surface area (Å²) in [6, 6.07) is 9.95. The van der Waals surface area contributed by atoms with Crippen molar-refractivity contribution in [1.82, 2.24) is 34.9 Å². The molecule has 0 saturated carbocycles. The SMILES string of the molecule is CN(Cc1ccc(-n2cccn2)cc1)C(=O)[C@@H]1CCCCn2nnnc21. The van der Waals surface area contributed by atoms with Gasteiger partial charge in [-0.3, -0.25) is 4.79 Å². The highest BCUT2D eigenvalue weighted by Crippen LogP contribution is 2.26. The van der Waals surface area contributed by atoms with Crippen LogP contribution in [0.1, 0.15) is 36.6 Å². The zero-order valence-electron chi connectivity index (χ0n) is 14.7. The Labute approximate surface area is 151 Å². The van der Waals surface area contributed by atoms with Crippen LogP contribution in [-0.2, 0) is 17.9 Å². The molecule has 8 nitrogen and oxygen atoms in total. The highest BCUT2D eigenvalue weighted by atomic mass is 16.2. The molecule has 0 spiro atoms. The van der Waals surface area contributed by atoms with Crippen molar-refractivity contribution in [2.24, 2.45) is 0 Å². The number of likely N-dealkylation sites (N-methyl/N-ethyl adjacent to an activating group) is 1. The van der Waals surface area contributed by atoms with Crippen LogP contribution in [0.3, 0.4) is 0 Å². The lowest BCUT2D eigenvalue weighted by atomic mass is 10.0. The largest absolute Gasteiger partial charge is 0.341 e. The molecule has 3 aromatic rings. The average molecular weight is 351 g/mol. The smallest absolute Gasteiger partial charge is 0.233 e. The standard InChI is InChI=1S/C18H21N7O/c1-23(13-14-6-8-15(9-7-14)24-12-4-10-19-24)18(26)16-5-2-3-11-25-17(16)20-21-22-25/h4,6-10,12,16H,2-3,5,11,13H2,1H3/t16-/m1/s1. The van der Waals surface area contributed by atoms with Gasteiger partial charge in [-0.1, -0.05) is 18.6 Å². The Morgan fingerprint density at radius 2 is 2.12 bits per heavy atom. The number of nitrogens with zero attached hydrogens (tertiary/aromatic N) is 7. The molecule has 0 aliphatic carbocycles. The summed E-state index contributed by atoms with van der Waals surface area (Å²) in [5.41, 5.74) is 2.07. The molecular weight excluding hydrogens is 330 g/mol. The zero-order valence-corrected chi connectivity index (χ0v) is 14.7. The molecule has 0 radical (unpaired) electrons. The predicted molar refractivity (Wildman–Crippen MR) is 94.4 cm³/mol. The molecule has 0 bridgehead atoms. The fraction of sp³-hybridized carbons (Fsp3) is 0.389. The number of rotatable bonds is 4. The minimum absolute atomic E-state index is 0.0686. The van der Waals surface area contributed by atoms with E-state index in [0.29, 0.717) is 12.4 Å². The van der Waals surface area contributed by atoms with Crippen molar-refractivity contribution >= 4 is 5.91 Å². The molecule has 0 saturated heterocycles. The van der Waals surface area contributed by atoms with Crippen LogP contribution in [0.15, 0.2) is 42.7 Å². The quantitative estimate of drug-likeness (QED) is 0.716. The lowest BCUT2D eigenvalue weighted by molar-refractivity contribution is -0.132. The Morgan fingerprint density at radius 1 is 1.27 bits per heavy atom. The number of tetrazole rings is 1. The average Bonchev–Trinajstić information content (AvgIpc) is 3.31. The number of amides is 1. The Balaban J connectivity index is 1.46. The molecule has 1 amide bonds. The minimum Gasteiger partial charge on any atom is -0.341 e. The topological polar surface area (TPSA) is 81.7 Å². The maximum absolute atomic E-state index is 13.0. The maximum Gasteiger partial charge on any atom is 0.233 e. The monoisotopic (exact) mass is 351 g/mol. The Morgan fingerprint density at radius 3 is 2.88 bits per heavy atom. The van der Waals surface area contributed by atoms with Crippen molar-refractivity contribution in [3.63, 3.8) is 0 Å². The van der Waals surface area contributed by atoms with Gasteiger partial charge in [-0.2, -0.15) is 5.10 Å². The Bertz CT molecular complexity index is 869. The molecule has 0 unspecified atom stereocenters. The Kier molecular flexibility index (Phi) is 4.47. The molecular formula is C18H21N7O. The number of fused-ring (bicyclic) bond motifs is 1. The van der Waals surface area contributed by atoms with Gasteiger partial charge in [0, 0.05) is 32.5 Å². The van der Waals surface area contributed by atoms with Gasteiger partial charge in [-0.15, -0.1) is 5.10 Å². The summed E-state index contributed by atoms with van der Waals surface area (Å²) in [5.74, 6) is 0.494. The third-order valence-electron chi connectivity index (χ3n) is 4.78. The zero-order chi connectivity index (χ0) is 17.9. The second-order valence-corrected chi connectivity index (χ2v) is 6.62. The van der Waals surface area contributed by atoms with E-state index >= 15 is 0 Å². The molecule has 2 aromatic heterocycles. The molecule has 0 fully saturated rings. The van der Waals surface area contributed by atoms with E-state index in [1.54, 1.807) is 15.8 Å². The van der Waals surface area contributed by atoms with Gasteiger partial charge in [-0.25, -0.2) is 9.36 Å². The van der Waals surface area contributed by atoms with Gasteiger partial charge in [0.15, 0.2) is 5.82 Å². The van der Waals surface area contributed by atoms with Crippen molar-refractivity contribution < 1.29 is 4.79 Å². The number of aryl methyl sites for hydroxylation is 1. The third-order valence-corrected chi connectivity index (χ3v) is 4.78. The van der Waals surface area contributed by atoms with E-state index in [0.717, 1.165) is 37.1 Å². The van der Waals surface area contributed by atoms with Crippen LogP contribution in [-0.4, -0.2) is 47.8 Å². The highest BCUT2D eigenvalue weighted by Gasteiger charge is 2.30. The van der Waals surface area contributed by atoms with E-state index in [-0.39, 0.29) is 11.8 Å². The summed E-state index contributed by atoms with van der Waals surface area (Å²) in [7, 11) is 1.84. The fourth-order valence-electron chi connectivity index (χ4n) is 3.39. The van der Waals surface area contributed by atoms with Crippen LogP contribution in [0.5, 0.6) is 0 Å². The van der Waals surface area contributed by atoms with Crippen molar-refractivity contribution in [2.45, 2.75) is 38.3 Å². The first-order valence-corrected chi connectivity index (χ1v) is 8.82. The first-order chi connectivity index (χ1) is 12.7. The van der Waals surface area contributed by atoms with E-state index in [1.807, 2.05) is 48.3 Å². The number of carbonyl (C=O) groups is 1. The normalized spacial score (nSPS) is 16.7. The summed E-state index contributed by atoms with van der Waals surface area (Å²) in [5, 5.41) is 16.1. The first-order valence-electron chi connectivity index (χ1n) is 8.82. The van der Waals surface area contributed by atoms with Crippen LogP contribution >= 0.6 is 0 Å².